The van der Waals surface area contributed by atoms with Crippen LogP contribution in [0.3, 0.4) is 0 Å². The van der Waals surface area contributed by atoms with E-state index in [1.165, 1.54) is 10.9 Å². The summed E-state index contributed by atoms with van der Waals surface area (Å²) in [5.74, 6) is 0.936. The van der Waals surface area contributed by atoms with E-state index in [0.29, 0.717) is 0 Å². The van der Waals surface area contributed by atoms with Crippen LogP contribution in [-0.2, 0) is 13.1 Å². The van der Waals surface area contributed by atoms with Crippen molar-refractivity contribution in [3.63, 3.8) is 0 Å². The van der Waals surface area contributed by atoms with Gasteiger partial charge in [0.25, 0.3) is 0 Å². The van der Waals surface area contributed by atoms with Crippen molar-refractivity contribution < 1.29 is 4.74 Å². The van der Waals surface area contributed by atoms with Crippen LogP contribution in [0.15, 0.2) is 49.2 Å². The number of aryl methyl sites for hydroxylation is 2. The third-order valence-corrected chi connectivity index (χ3v) is 3.37. The fraction of sp³-hybridized carbons (Fsp3) is 0.267. The predicted octanol–water partition coefficient (Wildman–Crippen LogP) is 2.94. The van der Waals surface area contributed by atoms with Gasteiger partial charge in [0.1, 0.15) is 5.75 Å². The van der Waals surface area contributed by atoms with Crippen LogP contribution < -0.4 is 4.74 Å². The summed E-state index contributed by atoms with van der Waals surface area (Å²) in [4.78, 5) is 4.05. The summed E-state index contributed by atoms with van der Waals surface area (Å²) in [6.07, 6.45) is 8.88. The number of fused-ring (bicyclic) bond motifs is 1. The molecule has 1 aromatic carbocycles. The summed E-state index contributed by atoms with van der Waals surface area (Å²) in [6.45, 7) is 1.98. The van der Waals surface area contributed by atoms with Crippen molar-refractivity contribution in [3.8, 4) is 5.75 Å². The second-order valence-electron chi connectivity index (χ2n) is 4.56. The van der Waals surface area contributed by atoms with Crippen molar-refractivity contribution in [1.29, 1.82) is 0 Å². The van der Waals surface area contributed by atoms with Crippen molar-refractivity contribution in [2.45, 2.75) is 19.5 Å². The van der Waals surface area contributed by atoms with Crippen molar-refractivity contribution in [1.82, 2.24) is 14.1 Å². The van der Waals surface area contributed by atoms with Gasteiger partial charge < -0.3 is 13.9 Å². The molecule has 0 bridgehead atoms. The number of methoxy groups -OCH3 is 1. The number of nitrogens with zero attached hydrogens (tertiary/aromatic N) is 3. The van der Waals surface area contributed by atoms with Crippen molar-refractivity contribution in [2.24, 2.45) is 0 Å². The quantitative estimate of drug-likeness (QED) is 0.702. The summed E-state index contributed by atoms with van der Waals surface area (Å²) in [5, 5.41) is 1.17. The lowest BCUT2D eigenvalue weighted by Crippen LogP contribution is -2.01. The SMILES string of the molecule is COc1cccc2c1ccn2CCCn1ccnc1. The van der Waals surface area contributed by atoms with Crippen LogP contribution >= 0.6 is 0 Å². The van der Waals surface area contributed by atoms with E-state index < -0.39 is 0 Å². The number of aromatic nitrogens is 3. The second-order valence-corrected chi connectivity index (χ2v) is 4.56. The number of hydrogen-bond donors (Lipinski definition) is 0. The molecule has 0 aliphatic carbocycles. The van der Waals surface area contributed by atoms with E-state index in [-0.39, 0.29) is 0 Å². The molecule has 0 unspecified atom stereocenters. The first-order valence-electron chi connectivity index (χ1n) is 6.46. The third-order valence-electron chi connectivity index (χ3n) is 3.37. The lowest BCUT2D eigenvalue weighted by molar-refractivity contribution is 0.420. The highest BCUT2D eigenvalue weighted by Gasteiger charge is 2.05. The first kappa shape index (κ1) is 11.8. The number of imidazole rings is 1. The Kier molecular flexibility index (Phi) is 3.23. The molecule has 2 heterocycles. The molecule has 0 amide bonds. The normalized spacial score (nSPS) is 11.0. The zero-order valence-corrected chi connectivity index (χ0v) is 11.0. The molecule has 0 saturated carbocycles. The van der Waals surface area contributed by atoms with E-state index >= 15 is 0 Å². The van der Waals surface area contributed by atoms with Crippen molar-refractivity contribution >= 4 is 10.9 Å². The predicted molar refractivity (Wildman–Crippen MR) is 75.3 cm³/mol. The zero-order valence-electron chi connectivity index (χ0n) is 11.0. The summed E-state index contributed by atoms with van der Waals surface area (Å²) in [6, 6.07) is 8.28. The lowest BCUT2D eigenvalue weighted by Gasteiger charge is -2.07. The van der Waals surface area contributed by atoms with Gasteiger partial charge in [0.05, 0.1) is 19.0 Å². The van der Waals surface area contributed by atoms with Gasteiger partial charge in [-0.05, 0) is 24.6 Å². The maximum atomic E-state index is 5.38. The van der Waals surface area contributed by atoms with Gasteiger partial charge in [-0.2, -0.15) is 0 Å². The Morgan fingerprint density at radius 1 is 1.16 bits per heavy atom. The maximum absolute atomic E-state index is 5.38. The van der Waals surface area contributed by atoms with Gasteiger partial charge >= 0.3 is 0 Å². The van der Waals surface area contributed by atoms with Crippen LogP contribution in [0.2, 0.25) is 0 Å². The molecule has 19 heavy (non-hydrogen) atoms. The van der Waals surface area contributed by atoms with Gasteiger partial charge in [-0.15, -0.1) is 0 Å². The average Bonchev–Trinajstić information content (AvgIpc) is 3.08. The monoisotopic (exact) mass is 255 g/mol. The Balaban J connectivity index is 1.74. The summed E-state index contributed by atoms with van der Waals surface area (Å²) in [7, 11) is 1.71. The van der Waals surface area contributed by atoms with E-state index in [9.17, 15) is 0 Å². The van der Waals surface area contributed by atoms with Gasteiger partial charge in [0.2, 0.25) is 0 Å². The molecule has 98 valence electrons. The molecule has 2 aromatic heterocycles. The molecule has 0 radical (unpaired) electrons. The van der Waals surface area contributed by atoms with Crippen LogP contribution in [0.4, 0.5) is 0 Å². The molecule has 4 heteroatoms. The highest BCUT2D eigenvalue weighted by molar-refractivity contribution is 5.86. The smallest absolute Gasteiger partial charge is 0.128 e. The average molecular weight is 255 g/mol. The molecule has 0 atom stereocenters. The maximum Gasteiger partial charge on any atom is 0.128 e. The van der Waals surface area contributed by atoms with E-state index in [1.807, 2.05) is 30.9 Å². The van der Waals surface area contributed by atoms with E-state index in [0.717, 1.165) is 25.3 Å². The highest BCUT2D eigenvalue weighted by atomic mass is 16.5. The van der Waals surface area contributed by atoms with Crippen LogP contribution in [-0.4, -0.2) is 21.2 Å². The first-order chi connectivity index (χ1) is 9.38. The van der Waals surface area contributed by atoms with Gasteiger partial charge in [-0.3, -0.25) is 0 Å². The van der Waals surface area contributed by atoms with E-state index in [4.69, 9.17) is 4.74 Å². The Labute approximate surface area is 112 Å². The number of hydrogen-bond acceptors (Lipinski definition) is 2. The number of rotatable bonds is 5. The molecular weight excluding hydrogens is 238 g/mol. The molecule has 0 aliphatic rings. The zero-order chi connectivity index (χ0) is 13.1. The van der Waals surface area contributed by atoms with Crippen LogP contribution in [0.1, 0.15) is 6.42 Å². The first-order valence-corrected chi connectivity index (χ1v) is 6.46. The molecule has 3 aromatic rings. The Morgan fingerprint density at radius 2 is 2.11 bits per heavy atom. The topological polar surface area (TPSA) is 32.0 Å². The third kappa shape index (κ3) is 2.34. The Bertz CT molecular complexity index is 655. The molecule has 0 N–H and O–H groups in total. The highest BCUT2D eigenvalue weighted by Crippen LogP contribution is 2.26. The Hall–Kier alpha value is -2.23. The molecule has 4 nitrogen and oxygen atoms in total. The minimum absolute atomic E-state index is 0.936. The molecule has 3 rings (SSSR count). The summed E-state index contributed by atoms with van der Waals surface area (Å²) >= 11 is 0. The molecule has 0 aliphatic heterocycles. The minimum Gasteiger partial charge on any atom is -0.496 e. The number of ether oxygens (including phenoxy) is 1. The fourth-order valence-corrected chi connectivity index (χ4v) is 2.41. The lowest BCUT2D eigenvalue weighted by atomic mass is 10.2. The fourth-order valence-electron chi connectivity index (χ4n) is 2.41. The van der Waals surface area contributed by atoms with Gasteiger partial charge in [0, 0.05) is 37.1 Å². The minimum atomic E-state index is 0.936. The Morgan fingerprint density at radius 3 is 2.89 bits per heavy atom. The van der Waals surface area contributed by atoms with Gasteiger partial charge in [-0.1, -0.05) is 6.07 Å². The molecule has 0 spiro atoms. The summed E-state index contributed by atoms with van der Waals surface area (Å²) in [5.41, 5.74) is 1.23. The van der Waals surface area contributed by atoms with Crippen molar-refractivity contribution in [2.75, 3.05) is 7.11 Å². The van der Waals surface area contributed by atoms with E-state index in [1.54, 1.807) is 7.11 Å². The standard InChI is InChI=1S/C15H17N3O/c1-19-15-5-2-4-14-13(15)6-10-18(14)9-3-8-17-11-7-16-12-17/h2,4-7,10-12H,3,8-9H2,1H3. The van der Waals surface area contributed by atoms with Crippen LogP contribution in [0.25, 0.3) is 10.9 Å². The summed E-state index contributed by atoms with van der Waals surface area (Å²) < 4.78 is 9.75. The number of benzene rings is 1. The van der Waals surface area contributed by atoms with Gasteiger partial charge in [0.15, 0.2) is 0 Å². The molecule has 0 fully saturated rings. The molecule has 0 saturated heterocycles. The van der Waals surface area contributed by atoms with Crippen LogP contribution in [0.5, 0.6) is 5.75 Å². The second kappa shape index (κ2) is 5.18. The van der Waals surface area contributed by atoms with Crippen molar-refractivity contribution in [3.05, 3.63) is 49.2 Å². The van der Waals surface area contributed by atoms with Gasteiger partial charge in [-0.25, -0.2) is 4.98 Å². The van der Waals surface area contributed by atoms with E-state index in [2.05, 4.69) is 32.4 Å². The van der Waals surface area contributed by atoms with Crippen LogP contribution in [0, 0.1) is 0 Å². The largest absolute Gasteiger partial charge is 0.496 e. The molecular formula is C15H17N3O.